The molecule has 3 nitrogen and oxygen atoms in total. The lowest BCUT2D eigenvalue weighted by Crippen LogP contribution is -2.44. The van der Waals surface area contributed by atoms with Crippen LogP contribution in [0.15, 0.2) is 30.3 Å². The van der Waals surface area contributed by atoms with E-state index in [0.29, 0.717) is 18.4 Å². The summed E-state index contributed by atoms with van der Waals surface area (Å²) >= 11 is 0. The SMILES string of the molecule is CNCCC1CCCCN1C(=O)CCCc1ccccc1. The Morgan fingerprint density at radius 1 is 1.29 bits per heavy atom. The van der Waals surface area contributed by atoms with Crippen LogP contribution in [0, 0.1) is 0 Å². The van der Waals surface area contributed by atoms with Crippen LogP contribution in [0.1, 0.15) is 44.1 Å². The van der Waals surface area contributed by atoms with E-state index < -0.39 is 0 Å². The van der Waals surface area contributed by atoms with Crippen LogP contribution in [0.2, 0.25) is 0 Å². The van der Waals surface area contributed by atoms with Gasteiger partial charge >= 0.3 is 0 Å². The van der Waals surface area contributed by atoms with Crippen LogP contribution in [0.4, 0.5) is 0 Å². The Morgan fingerprint density at radius 3 is 2.86 bits per heavy atom. The second kappa shape index (κ2) is 8.83. The topological polar surface area (TPSA) is 32.3 Å². The molecule has 1 saturated heterocycles. The van der Waals surface area contributed by atoms with Crippen molar-refractivity contribution in [2.24, 2.45) is 0 Å². The van der Waals surface area contributed by atoms with Gasteiger partial charge in [-0.25, -0.2) is 0 Å². The van der Waals surface area contributed by atoms with Gasteiger partial charge in [0.05, 0.1) is 0 Å². The second-order valence-corrected chi connectivity index (χ2v) is 5.97. The molecule has 1 amide bonds. The lowest BCUT2D eigenvalue weighted by molar-refractivity contribution is -0.135. The van der Waals surface area contributed by atoms with Crippen LogP contribution in [-0.2, 0) is 11.2 Å². The lowest BCUT2D eigenvalue weighted by Gasteiger charge is -2.36. The van der Waals surface area contributed by atoms with Crippen molar-refractivity contribution in [3.05, 3.63) is 35.9 Å². The molecule has 1 unspecified atom stereocenters. The molecule has 2 rings (SSSR count). The zero-order valence-electron chi connectivity index (χ0n) is 13.2. The van der Waals surface area contributed by atoms with Crippen molar-refractivity contribution in [2.45, 2.75) is 51.0 Å². The molecule has 21 heavy (non-hydrogen) atoms. The number of rotatable bonds is 7. The van der Waals surface area contributed by atoms with Gasteiger partial charge in [0, 0.05) is 19.0 Å². The van der Waals surface area contributed by atoms with E-state index in [2.05, 4.69) is 34.5 Å². The van der Waals surface area contributed by atoms with Crippen molar-refractivity contribution < 1.29 is 4.79 Å². The summed E-state index contributed by atoms with van der Waals surface area (Å²) in [7, 11) is 1.98. The number of hydrogen-bond acceptors (Lipinski definition) is 2. The molecule has 1 aromatic carbocycles. The lowest BCUT2D eigenvalue weighted by atomic mass is 9.98. The molecule has 0 spiro atoms. The molecule has 1 atom stereocenters. The average molecular weight is 288 g/mol. The van der Waals surface area contributed by atoms with Gasteiger partial charge in [0.1, 0.15) is 0 Å². The molecular formula is C18H28N2O. The van der Waals surface area contributed by atoms with Crippen LogP contribution in [0.25, 0.3) is 0 Å². The number of piperidine rings is 1. The highest BCUT2D eigenvalue weighted by Crippen LogP contribution is 2.21. The van der Waals surface area contributed by atoms with Crippen LogP contribution >= 0.6 is 0 Å². The Labute approximate surface area is 128 Å². The Morgan fingerprint density at radius 2 is 2.10 bits per heavy atom. The van der Waals surface area contributed by atoms with Gasteiger partial charge in [0.25, 0.3) is 0 Å². The second-order valence-electron chi connectivity index (χ2n) is 5.97. The van der Waals surface area contributed by atoms with Crippen LogP contribution in [0.5, 0.6) is 0 Å². The quantitative estimate of drug-likeness (QED) is 0.836. The Bertz CT molecular complexity index is 418. The molecule has 0 radical (unpaired) electrons. The molecule has 0 saturated carbocycles. The minimum absolute atomic E-state index is 0.353. The van der Waals surface area contributed by atoms with Crippen molar-refractivity contribution >= 4 is 5.91 Å². The third-order valence-corrected chi connectivity index (χ3v) is 4.37. The van der Waals surface area contributed by atoms with Gasteiger partial charge in [0.15, 0.2) is 0 Å². The highest BCUT2D eigenvalue weighted by atomic mass is 16.2. The summed E-state index contributed by atoms with van der Waals surface area (Å²) in [5.74, 6) is 0.353. The van der Waals surface area contributed by atoms with Crippen molar-refractivity contribution in [2.75, 3.05) is 20.1 Å². The van der Waals surface area contributed by atoms with Gasteiger partial charge in [-0.15, -0.1) is 0 Å². The summed E-state index contributed by atoms with van der Waals surface area (Å²) in [5, 5.41) is 3.20. The first-order chi connectivity index (χ1) is 10.3. The fraction of sp³-hybridized carbons (Fsp3) is 0.611. The number of carbonyl (C=O) groups excluding carboxylic acids is 1. The number of nitrogens with zero attached hydrogens (tertiary/aromatic N) is 1. The molecule has 116 valence electrons. The first-order valence-electron chi connectivity index (χ1n) is 8.29. The highest BCUT2D eigenvalue weighted by molar-refractivity contribution is 5.76. The highest BCUT2D eigenvalue weighted by Gasteiger charge is 2.25. The number of nitrogens with one attached hydrogen (secondary N) is 1. The maximum Gasteiger partial charge on any atom is 0.222 e. The van der Waals surface area contributed by atoms with Crippen LogP contribution in [0.3, 0.4) is 0 Å². The first-order valence-corrected chi connectivity index (χ1v) is 8.29. The van der Waals surface area contributed by atoms with E-state index in [-0.39, 0.29) is 0 Å². The number of hydrogen-bond donors (Lipinski definition) is 1. The zero-order valence-corrected chi connectivity index (χ0v) is 13.2. The molecular weight excluding hydrogens is 260 g/mol. The smallest absolute Gasteiger partial charge is 0.222 e. The molecule has 0 aliphatic carbocycles. The molecule has 1 N–H and O–H groups in total. The molecule has 0 bridgehead atoms. The van der Waals surface area contributed by atoms with E-state index in [1.54, 1.807) is 0 Å². The van der Waals surface area contributed by atoms with Gasteiger partial charge < -0.3 is 10.2 Å². The van der Waals surface area contributed by atoms with Crippen molar-refractivity contribution in [3.8, 4) is 0 Å². The third-order valence-electron chi connectivity index (χ3n) is 4.37. The van der Waals surface area contributed by atoms with E-state index in [1.807, 2.05) is 13.1 Å². The first kappa shape index (κ1) is 16.0. The monoisotopic (exact) mass is 288 g/mol. The molecule has 1 aromatic rings. The molecule has 1 aliphatic heterocycles. The zero-order chi connectivity index (χ0) is 14.9. The van der Waals surface area contributed by atoms with Crippen LogP contribution in [-0.4, -0.2) is 37.0 Å². The number of carbonyl (C=O) groups is 1. The van der Waals surface area contributed by atoms with Gasteiger partial charge in [-0.2, -0.15) is 0 Å². The third kappa shape index (κ3) is 5.16. The van der Waals surface area contributed by atoms with Crippen molar-refractivity contribution in [1.82, 2.24) is 10.2 Å². The Balaban J connectivity index is 1.77. The predicted octanol–water partition coefficient (Wildman–Crippen LogP) is 3.00. The number of likely N-dealkylation sites (tertiary alicyclic amines) is 1. The molecule has 3 heteroatoms. The summed E-state index contributed by atoms with van der Waals surface area (Å²) in [6, 6.07) is 10.9. The number of benzene rings is 1. The van der Waals surface area contributed by atoms with E-state index >= 15 is 0 Å². The summed E-state index contributed by atoms with van der Waals surface area (Å²) in [5.41, 5.74) is 1.33. The van der Waals surface area contributed by atoms with Gasteiger partial charge in [-0.05, 0) is 57.7 Å². The van der Waals surface area contributed by atoms with Crippen molar-refractivity contribution in [1.29, 1.82) is 0 Å². The fourth-order valence-corrected chi connectivity index (χ4v) is 3.17. The van der Waals surface area contributed by atoms with Gasteiger partial charge in [-0.1, -0.05) is 30.3 Å². The summed E-state index contributed by atoms with van der Waals surface area (Å²) in [4.78, 5) is 14.6. The summed E-state index contributed by atoms with van der Waals surface area (Å²) < 4.78 is 0. The van der Waals surface area contributed by atoms with E-state index in [0.717, 1.165) is 32.4 Å². The van der Waals surface area contributed by atoms with E-state index in [1.165, 1.54) is 24.8 Å². The normalized spacial score (nSPS) is 18.7. The molecule has 1 fully saturated rings. The van der Waals surface area contributed by atoms with Crippen LogP contribution < -0.4 is 5.32 Å². The maximum absolute atomic E-state index is 12.5. The molecule has 1 heterocycles. The predicted molar refractivity (Wildman–Crippen MR) is 87.3 cm³/mol. The summed E-state index contributed by atoms with van der Waals surface area (Å²) in [6.45, 7) is 1.96. The van der Waals surface area contributed by atoms with Crippen molar-refractivity contribution in [3.63, 3.8) is 0 Å². The standard InChI is InChI=1S/C18H28N2O/c1-19-14-13-17-11-5-6-15-20(17)18(21)12-7-10-16-8-3-2-4-9-16/h2-4,8-9,17,19H,5-7,10-15H2,1H3. The number of aryl methyl sites for hydroxylation is 1. The minimum Gasteiger partial charge on any atom is -0.340 e. The Hall–Kier alpha value is -1.35. The number of amides is 1. The van der Waals surface area contributed by atoms with Gasteiger partial charge in [0.2, 0.25) is 5.91 Å². The van der Waals surface area contributed by atoms with E-state index in [4.69, 9.17) is 0 Å². The fourth-order valence-electron chi connectivity index (χ4n) is 3.17. The largest absolute Gasteiger partial charge is 0.340 e. The minimum atomic E-state index is 0.353. The molecule has 1 aliphatic rings. The average Bonchev–Trinajstić information content (AvgIpc) is 2.54. The maximum atomic E-state index is 12.5. The van der Waals surface area contributed by atoms with E-state index in [9.17, 15) is 4.79 Å². The van der Waals surface area contributed by atoms with Gasteiger partial charge in [-0.3, -0.25) is 4.79 Å². The Kier molecular flexibility index (Phi) is 6.74. The summed E-state index contributed by atoms with van der Waals surface area (Å²) in [6.07, 6.45) is 7.33. The molecule has 0 aromatic heterocycles.